The van der Waals surface area contributed by atoms with Gasteiger partial charge in [-0.1, -0.05) is 94.6 Å². The molecular formula is C40H51N5O6. The van der Waals surface area contributed by atoms with E-state index >= 15 is 0 Å². The Kier molecular flexibility index (Phi) is 10.4. The summed E-state index contributed by atoms with van der Waals surface area (Å²) in [5.74, 6) is -3.01. The molecule has 4 aliphatic rings. The van der Waals surface area contributed by atoms with Crippen LogP contribution in [0.25, 0.3) is 0 Å². The van der Waals surface area contributed by atoms with Crippen LogP contribution in [0.1, 0.15) is 69.2 Å². The lowest BCUT2D eigenvalue weighted by Crippen LogP contribution is -2.57. The summed E-state index contributed by atoms with van der Waals surface area (Å²) < 4.78 is 0. The molecule has 2 saturated carbocycles. The average Bonchev–Trinajstić information content (AvgIpc) is 3.45. The number of likely N-dealkylation sites (tertiary alicyclic amines) is 1. The zero-order chi connectivity index (χ0) is 36.6. The van der Waals surface area contributed by atoms with E-state index in [1.807, 2.05) is 19.1 Å². The molecule has 51 heavy (non-hydrogen) atoms. The molecule has 5 amide bonds. The van der Waals surface area contributed by atoms with Gasteiger partial charge >= 0.3 is 0 Å². The molecular weight excluding hydrogens is 646 g/mol. The number of piperidine rings is 1. The number of nitrogens with zero attached hydrogens (tertiary/aromatic N) is 2. The van der Waals surface area contributed by atoms with Gasteiger partial charge in [0.1, 0.15) is 12.1 Å². The number of carbonyl (C=O) groups is 6. The van der Waals surface area contributed by atoms with Crippen molar-refractivity contribution in [3.05, 3.63) is 71.3 Å². The number of hydrogen-bond donors (Lipinski definition) is 3. The molecule has 3 fully saturated rings. The minimum absolute atomic E-state index is 0.0335. The third kappa shape index (κ3) is 7.44. The normalized spacial score (nSPS) is 23.5. The summed E-state index contributed by atoms with van der Waals surface area (Å²) in [6.07, 6.45) is 4.79. The van der Waals surface area contributed by atoms with E-state index < -0.39 is 48.2 Å². The highest BCUT2D eigenvalue weighted by molar-refractivity contribution is 6.38. The van der Waals surface area contributed by atoms with E-state index in [1.54, 1.807) is 49.3 Å². The number of amides is 5. The van der Waals surface area contributed by atoms with Crippen molar-refractivity contribution in [1.29, 1.82) is 0 Å². The molecule has 0 aromatic heterocycles. The Hall–Kier alpha value is -4.54. The molecule has 0 radical (unpaired) electrons. The first-order valence-corrected chi connectivity index (χ1v) is 18.3. The molecule has 11 heteroatoms. The number of likely N-dealkylation sites (N-methyl/N-ethyl adjacent to an activating group) is 1. The van der Waals surface area contributed by atoms with Crippen LogP contribution in [-0.4, -0.2) is 84.4 Å². The lowest BCUT2D eigenvalue weighted by atomic mass is 9.80. The highest BCUT2D eigenvalue weighted by Gasteiger charge is 2.69. The number of benzene rings is 2. The number of fused-ring (bicyclic) bond motifs is 2. The third-order valence-corrected chi connectivity index (χ3v) is 12.1. The summed E-state index contributed by atoms with van der Waals surface area (Å²) in [5, 5.41) is 7.99. The van der Waals surface area contributed by atoms with Crippen LogP contribution >= 0.6 is 0 Å². The van der Waals surface area contributed by atoms with Crippen LogP contribution in [-0.2, 0) is 41.6 Å². The molecule has 272 valence electrons. The van der Waals surface area contributed by atoms with Crippen LogP contribution in [0.15, 0.2) is 54.6 Å². The summed E-state index contributed by atoms with van der Waals surface area (Å²) in [5.41, 5.74) is 3.01. The Bertz CT molecular complexity index is 1660. The topological polar surface area (TPSA) is 145 Å². The second kappa shape index (κ2) is 14.6. The molecule has 1 aliphatic heterocycles. The number of nitrogens with one attached hydrogen (secondary N) is 3. The molecule has 3 aliphatic carbocycles. The monoisotopic (exact) mass is 697 g/mol. The number of carbonyl (C=O) groups excluding carboxylic acids is 6. The highest BCUT2D eigenvalue weighted by atomic mass is 16.2. The van der Waals surface area contributed by atoms with Crippen LogP contribution in [0.3, 0.4) is 0 Å². The largest absolute Gasteiger partial charge is 0.347 e. The number of hydrogen-bond acceptors (Lipinski definition) is 6. The maximum atomic E-state index is 14.2. The summed E-state index contributed by atoms with van der Waals surface area (Å²) in [4.78, 5) is 84.0. The smallest absolute Gasteiger partial charge is 0.290 e. The van der Waals surface area contributed by atoms with Gasteiger partial charge < -0.3 is 25.8 Å². The van der Waals surface area contributed by atoms with Crippen molar-refractivity contribution in [1.82, 2.24) is 25.8 Å². The lowest BCUT2D eigenvalue weighted by Gasteiger charge is -2.35. The molecule has 2 aromatic rings. The standard InChI is InChI=1S/C40H51N5O6/c1-23(28-19-26-16-9-10-17-27(26)20-28)38(50)45-22-29-32(40(29,2)3)34(45)36(48)42-30(18-24-12-11-13-24)35(47)37(49)41-21-31(46)43-33(39(51)44(4)5)25-14-7-6-8-15-25/h6-10,14-17,23-24,28-30,32-34H,11-13,18-22H2,1-5H3,(H,41,49)(H,42,48)(H,43,46)/t23-,29-,30?,32-,33-,34-/m0/s1. The van der Waals surface area contributed by atoms with Gasteiger partial charge in [-0.3, -0.25) is 28.8 Å². The van der Waals surface area contributed by atoms with Gasteiger partial charge in [-0.25, -0.2) is 0 Å². The predicted molar refractivity (Wildman–Crippen MR) is 191 cm³/mol. The quantitative estimate of drug-likeness (QED) is 0.275. The van der Waals surface area contributed by atoms with E-state index in [4.69, 9.17) is 0 Å². The van der Waals surface area contributed by atoms with E-state index in [9.17, 15) is 28.8 Å². The summed E-state index contributed by atoms with van der Waals surface area (Å²) in [6, 6.07) is 14.3. The summed E-state index contributed by atoms with van der Waals surface area (Å²) in [6.45, 7) is 6.17. The van der Waals surface area contributed by atoms with E-state index in [0.29, 0.717) is 18.5 Å². The zero-order valence-electron chi connectivity index (χ0n) is 30.3. The molecule has 1 unspecified atom stereocenters. The van der Waals surface area contributed by atoms with Crippen LogP contribution < -0.4 is 16.0 Å². The van der Waals surface area contributed by atoms with Gasteiger partial charge in [0.2, 0.25) is 29.4 Å². The molecule has 2 aromatic carbocycles. The van der Waals surface area contributed by atoms with E-state index in [2.05, 4.69) is 41.9 Å². The van der Waals surface area contributed by atoms with Crippen molar-refractivity contribution in [3.63, 3.8) is 0 Å². The molecule has 11 nitrogen and oxygen atoms in total. The Balaban J connectivity index is 1.11. The van der Waals surface area contributed by atoms with Crippen LogP contribution in [0.5, 0.6) is 0 Å². The molecule has 0 spiro atoms. The Labute approximate surface area is 300 Å². The van der Waals surface area contributed by atoms with Gasteiger partial charge in [0.25, 0.3) is 5.91 Å². The summed E-state index contributed by atoms with van der Waals surface area (Å²) in [7, 11) is 3.17. The van der Waals surface area contributed by atoms with Crippen LogP contribution in [0, 0.1) is 35.0 Å². The Morgan fingerprint density at radius 3 is 2.12 bits per heavy atom. The van der Waals surface area contributed by atoms with Crippen molar-refractivity contribution < 1.29 is 28.8 Å². The van der Waals surface area contributed by atoms with Crippen molar-refractivity contribution in [2.75, 3.05) is 27.2 Å². The fraction of sp³-hybridized carbons (Fsp3) is 0.550. The minimum Gasteiger partial charge on any atom is -0.347 e. The predicted octanol–water partition coefficient (Wildman–Crippen LogP) is 2.83. The minimum atomic E-state index is -1.09. The van der Waals surface area contributed by atoms with Crippen molar-refractivity contribution in [2.45, 2.75) is 77.4 Å². The Morgan fingerprint density at radius 1 is 0.902 bits per heavy atom. The second-order valence-corrected chi connectivity index (χ2v) is 15.9. The van der Waals surface area contributed by atoms with Gasteiger partial charge in [0.15, 0.2) is 0 Å². The van der Waals surface area contributed by atoms with Crippen LogP contribution in [0.4, 0.5) is 0 Å². The first kappa shape index (κ1) is 36.3. The van der Waals surface area contributed by atoms with E-state index in [1.165, 1.54) is 16.0 Å². The number of rotatable bonds is 13. The maximum absolute atomic E-state index is 14.2. The van der Waals surface area contributed by atoms with Crippen molar-refractivity contribution in [3.8, 4) is 0 Å². The molecule has 3 N–H and O–H groups in total. The van der Waals surface area contributed by atoms with Crippen LogP contribution in [0.2, 0.25) is 0 Å². The van der Waals surface area contributed by atoms with Gasteiger partial charge in [0.05, 0.1) is 12.6 Å². The molecule has 0 bridgehead atoms. The van der Waals surface area contributed by atoms with Crippen molar-refractivity contribution >= 4 is 35.3 Å². The molecule has 6 atom stereocenters. The van der Waals surface area contributed by atoms with Crippen molar-refractivity contribution in [2.24, 2.45) is 35.0 Å². The zero-order valence-corrected chi connectivity index (χ0v) is 30.3. The molecule has 1 heterocycles. The van der Waals surface area contributed by atoms with Gasteiger partial charge in [-0.05, 0) is 65.0 Å². The fourth-order valence-electron chi connectivity index (χ4n) is 8.58. The molecule has 6 rings (SSSR count). The SMILES string of the molecule is C[C@H](C(=O)N1C[C@H]2[C@@H]([C@H]1C(=O)NC(CC1CCC1)C(=O)C(=O)NCC(=O)N[C@H](C(=O)N(C)C)c1ccccc1)C2(C)C)C1Cc2ccccc2C1. The molecule has 1 saturated heterocycles. The first-order valence-electron chi connectivity index (χ1n) is 18.3. The maximum Gasteiger partial charge on any atom is 0.290 e. The lowest BCUT2D eigenvalue weighted by molar-refractivity contribution is -0.146. The number of ketones is 1. The first-order chi connectivity index (χ1) is 24.3. The fourth-order valence-corrected chi connectivity index (χ4v) is 8.58. The summed E-state index contributed by atoms with van der Waals surface area (Å²) >= 11 is 0. The highest BCUT2D eigenvalue weighted by Crippen LogP contribution is 2.65. The number of Topliss-reactive ketones (excluding diaryl/α,β-unsaturated/α-hetero) is 1. The second-order valence-electron chi connectivity index (χ2n) is 15.9. The van der Waals surface area contributed by atoms with E-state index in [0.717, 1.165) is 32.1 Å². The average molecular weight is 698 g/mol. The van der Waals surface area contributed by atoms with Gasteiger partial charge in [-0.15, -0.1) is 0 Å². The van der Waals surface area contributed by atoms with Gasteiger partial charge in [-0.2, -0.15) is 0 Å². The Morgan fingerprint density at radius 2 is 1.53 bits per heavy atom. The third-order valence-electron chi connectivity index (χ3n) is 12.1. The van der Waals surface area contributed by atoms with Gasteiger partial charge in [0, 0.05) is 26.6 Å². The van der Waals surface area contributed by atoms with E-state index in [-0.39, 0.29) is 46.8 Å².